The maximum absolute atomic E-state index is 12.1. The molecule has 2 rings (SSSR count). The number of alkyl halides is 1. The van der Waals surface area contributed by atoms with Crippen LogP contribution in [0.4, 0.5) is 0 Å². The van der Waals surface area contributed by atoms with Crippen LogP contribution in [0.25, 0.3) is 0 Å². The van der Waals surface area contributed by atoms with Gasteiger partial charge in [-0.2, -0.15) is 11.3 Å². The Morgan fingerprint density at radius 1 is 1.56 bits per heavy atom. The minimum absolute atomic E-state index is 0.101. The van der Waals surface area contributed by atoms with Gasteiger partial charge in [0.1, 0.15) is 0 Å². The molecule has 0 aromatic carbocycles. The molecule has 0 unspecified atom stereocenters. The van der Waals surface area contributed by atoms with Crippen molar-refractivity contribution < 1.29 is 4.79 Å². The van der Waals surface area contributed by atoms with Crippen LogP contribution in [-0.4, -0.2) is 17.3 Å². The molecule has 4 heteroatoms. The van der Waals surface area contributed by atoms with E-state index < -0.39 is 0 Å². The minimum Gasteiger partial charge on any atom is -0.349 e. The molecular formula is C14H20ClNOS. The molecule has 100 valence electrons. The van der Waals surface area contributed by atoms with E-state index in [1.54, 1.807) is 11.3 Å². The van der Waals surface area contributed by atoms with E-state index in [1.807, 2.05) is 16.8 Å². The third-order valence-corrected chi connectivity index (χ3v) is 5.08. The normalized spacial score (nSPS) is 28.0. The second-order valence-corrected chi connectivity index (χ2v) is 6.50. The molecule has 1 N–H and O–H groups in total. The molecule has 1 aliphatic carbocycles. The number of halogens is 1. The van der Waals surface area contributed by atoms with E-state index in [2.05, 4.69) is 12.2 Å². The van der Waals surface area contributed by atoms with Gasteiger partial charge in [-0.05, 0) is 54.0 Å². The lowest BCUT2D eigenvalue weighted by Gasteiger charge is -2.38. The molecule has 0 saturated heterocycles. The average molecular weight is 286 g/mol. The Hall–Kier alpha value is -0.540. The van der Waals surface area contributed by atoms with Crippen LogP contribution in [0.5, 0.6) is 0 Å². The van der Waals surface area contributed by atoms with E-state index in [-0.39, 0.29) is 11.4 Å². The Morgan fingerprint density at radius 2 is 2.28 bits per heavy atom. The van der Waals surface area contributed by atoms with Crippen molar-refractivity contribution in [3.63, 3.8) is 0 Å². The highest BCUT2D eigenvalue weighted by atomic mass is 35.5. The van der Waals surface area contributed by atoms with Crippen LogP contribution in [0.15, 0.2) is 16.8 Å². The van der Waals surface area contributed by atoms with Gasteiger partial charge in [-0.3, -0.25) is 4.79 Å². The van der Waals surface area contributed by atoms with Gasteiger partial charge in [-0.25, -0.2) is 0 Å². The van der Waals surface area contributed by atoms with E-state index in [9.17, 15) is 4.79 Å². The van der Waals surface area contributed by atoms with Gasteiger partial charge in [0, 0.05) is 5.88 Å². The van der Waals surface area contributed by atoms with E-state index in [0.29, 0.717) is 12.3 Å². The molecule has 18 heavy (non-hydrogen) atoms. The smallest absolute Gasteiger partial charge is 0.224 e. The molecule has 1 amide bonds. The summed E-state index contributed by atoms with van der Waals surface area (Å²) < 4.78 is 0. The first-order valence-electron chi connectivity index (χ1n) is 6.52. The molecule has 1 fully saturated rings. The van der Waals surface area contributed by atoms with Crippen LogP contribution in [0.1, 0.15) is 38.2 Å². The first-order valence-corrected chi connectivity index (χ1v) is 7.99. The summed E-state index contributed by atoms with van der Waals surface area (Å²) in [6.45, 7) is 2.27. The fourth-order valence-electron chi connectivity index (χ4n) is 2.53. The Labute approximate surface area is 118 Å². The molecule has 2 nitrogen and oxygen atoms in total. The molecule has 0 spiro atoms. The van der Waals surface area contributed by atoms with Crippen molar-refractivity contribution in [3.05, 3.63) is 22.4 Å². The van der Waals surface area contributed by atoms with Crippen LogP contribution in [0.2, 0.25) is 0 Å². The monoisotopic (exact) mass is 285 g/mol. The zero-order valence-corrected chi connectivity index (χ0v) is 12.3. The van der Waals surface area contributed by atoms with Gasteiger partial charge in [0.05, 0.1) is 12.0 Å². The van der Waals surface area contributed by atoms with E-state index in [0.717, 1.165) is 37.2 Å². The average Bonchev–Trinajstić information content (AvgIpc) is 2.85. The van der Waals surface area contributed by atoms with Crippen LogP contribution in [-0.2, 0) is 11.2 Å². The van der Waals surface area contributed by atoms with Crippen LogP contribution < -0.4 is 5.32 Å². The van der Waals surface area contributed by atoms with Crippen molar-refractivity contribution in [1.29, 1.82) is 0 Å². The molecule has 0 atom stereocenters. The molecule has 1 aromatic heterocycles. The lowest BCUT2D eigenvalue weighted by molar-refractivity contribution is -0.122. The highest BCUT2D eigenvalue weighted by molar-refractivity contribution is 7.07. The summed E-state index contributed by atoms with van der Waals surface area (Å²) in [4.78, 5) is 12.1. The third kappa shape index (κ3) is 3.48. The van der Waals surface area contributed by atoms with Gasteiger partial charge in [0.15, 0.2) is 0 Å². The highest BCUT2D eigenvalue weighted by Crippen LogP contribution is 2.32. The number of amides is 1. The lowest BCUT2D eigenvalue weighted by atomic mass is 9.78. The lowest BCUT2D eigenvalue weighted by Crippen LogP contribution is -2.52. The SMILES string of the molecule is CC1CCC(CCl)(NC(=O)Cc2ccsc2)CC1. The van der Waals surface area contributed by atoms with Gasteiger partial charge in [0.2, 0.25) is 5.91 Å². The molecule has 0 aliphatic heterocycles. The van der Waals surface area contributed by atoms with Crippen molar-refractivity contribution in [1.82, 2.24) is 5.32 Å². The second-order valence-electron chi connectivity index (χ2n) is 5.45. The number of carbonyl (C=O) groups is 1. The van der Waals surface area contributed by atoms with Crippen molar-refractivity contribution in [2.75, 3.05) is 5.88 Å². The summed E-state index contributed by atoms with van der Waals surface area (Å²) in [7, 11) is 0. The van der Waals surface area contributed by atoms with E-state index in [1.165, 1.54) is 0 Å². The van der Waals surface area contributed by atoms with Gasteiger partial charge in [-0.1, -0.05) is 6.92 Å². The van der Waals surface area contributed by atoms with Gasteiger partial charge >= 0.3 is 0 Å². The Bertz CT molecular complexity index is 383. The number of thiophene rings is 1. The number of hydrogen-bond donors (Lipinski definition) is 1. The minimum atomic E-state index is -0.166. The first-order chi connectivity index (χ1) is 8.63. The fraction of sp³-hybridized carbons (Fsp3) is 0.643. The molecular weight excluding hydrogens is 266 g/mol. The topological polar surface area (TPSA) is 29.1 Å². The molecule has 1 aromatic rings. The van der Waals surface area contributed by atoms with E-state index >= 15 is 0 Å². The summed E-state index contributed by atoms with van der Waals surface area (Å²) in [5.41, 5.74) is 0.924. The fourth-order valence-corrected chi connectivity index (χ4v) is 3.53. The third-order valence-electron chi connectivity index (χ3n) is 3.84. The summed E-state index contributed by atoms with van der Waals surface area (Å²) in [5, 5.41) is 7.20. The second kappa shape index (κ2) is 6.07. The highest BCUT2D eigenvalue weighted by Gasteiger charge is 2.34. The number of carbonyl (C=O) groups excluding carboxylic acids is 1. The molecule has 1 heterocycles. The number of rotatable bonds is 4. The first kappa shape index (κ1) is 13.9. The predicted octanol–water partition coefficient (Wildman–Crippen LogP) is 3.59. The predicted molar refractivity (Wildman–Crippen MR) is 77.2 cm³/mol. The maximum atomic E-state index is 12.1. The number of nitrogens with one attached hydrogen (secondary N) is 1. The standard InChI is InChI=1S/C14H20ClNOS/c1-11-2-5-14(10-15,6-3-11)16-13(17)8-12-4-7-18-9-12/h4,7,9,11H,2-3,5-6,8,10H2,1H3,(H,16,17). The van der Waals surface area contributed by atoms with Gasteiger partial charge in [-0.15, -0.1) is 11.6 Å². The molecule has 1 aliphatic rings. The molecule has 0 radical (unpaired) electrons. The number of hydrogen-bond acceptors (Lipinski definition) is 2. The van der Waals surface area contributed by atoms with Crippen LogP contribution in [0, 0.1) is 5.92 Å². The molecule has 1 saturated carbocycles. The van der Waals surface area contributed by atoms with Gasteiger partial charge < -0.3 is 5.32 Å². The summed E-state index contributed by atoms with van der Waals surface area (Å²) in [5.74, 6) is 1.38. The largest absolute Gasteiger partial charge is 0.349 e. The summed E-state index contributed by atoms with van der Waals surface area (Å²) in [6, 6.07) is 2.00. The Morgan fingerprint density at radius 3 is 2.83 bits per heavy atom. The van der Waals surface area contributed by atoms with E-state index in [4.69, 9.17) is 11.6 Å². The van der Waals surface area contributed by atoms with Crippen LogP contribution >= 0.6 is 22.9 Å². The summed E-state index contributed by atoms with van der Waals surface area (Å²) >= 11 is 7.72. The van der Waals surface area contributed by atoms with Crippen molar-refractivity contribution in [2.45, 2.75) is 44.6 Å². The summed E-state index contributed by atoms with van der Waals surface area (Å²) in [6.07, 6.45) is 4.80. The van der Waals surface area contributed by atoms with Crippen molar-refractivity contribution in [3.8, 4) is 0 Å². The Kier molecular flexibility index (Phi) is 4.68. The van der Waals surface area contributed by atoms with Crippen LogP contribution in [0.3, 0.4) is 0 Å². The maximum Gasteiger partial charge on any atom is 0.224 e. The zero-order chi connectivity index (χ0) is 13.0. The quantitative estimate of drug-likeness (QED) is 0.842. The van der Waals surface area contributed by atoms with Crippen molar-refractivity contribution in [2.24, 2.45) is 5.92 Å². The zero-order valence-electron chi connectivity index (χ0n) is 10.7. The Balaban J connectivity index is 1.91. The molecule has 0 bridgehead atoms. The van der Waals surface area contributed by atoms with Gasteiger partial charge in [0.25, 0.3) is 0 Å². The van der Waals surface area contributed by atoms with Crippen molar-refractivity contribution >= 4 is 28.8 Å².